The third-order valence-electron chi connectivity index (χ3n) is 3.76. The maximum atomic E-state index is 10.9. The van der Waals surface area contributed by atoms with Gasteiger partial charge in [-0.15, -0.1) is 0 Å². The van der Waals surface area contributed by atoms with E-state index in [1.54, 1.807) is 12.1 Å². The molecule has 0 N–H and O–H groups in total. The first-order valence-electron chi connectivity index (χ1n) is 6.68. The highest BCUT2D eigenvalue weighted by Crippen LogP contribution is 2.33. The Morgan fingerprint density at radius 2 is 2.10 bits per heavy atom. The fourth-order valence-electron chi connectivity index (χ4n) is 2.56. The van der Waals surface area contributed by atoms with Gasteiger partial charge in [0.05, 0.1) is 30.3 Å². The van der Waals surface area contributed by atoms with Gasteiger partial charge in [0.15, 0.2) is 5.75 Å². The van der Waals surface area contributed by atoms with Gasteiger partial charge in [0, 0.05) is 24.4 Å². The summed E-state index contributed by atoms with van der Waals surface area (Å²) in [6.45, 7) is 6.91. The Hall–Kier alpha value is -1.82. The number of hydrogen-bond donors (Lipinski definition) is 0. The molecule has 3 atom stereocenters. The second-order valence-electron chi connectivity index (χ2n) is 5.16. The van der Waals surface area contributed by atoms with Crippen LogP contribution in [0.5, 0.6) is 5.75 Å². The zero-order valence-corrected chi connectivity index (χ0v) is 12.2. The van der Waals surface area contributed by atoms with Crippen molar-refractivity contribution in [1.82, 2.24) is 0 Å². The van der Waals surface area contributed by atoms with Crippen LogP contribution in [0, 0.1) is 10.1 Å². The molecule has 110 valence electrons. The van der Waals surface area contributed by atoms with E-state index in [1.165, 1.54) is 13.2 Å². The fraction of sp³-hybridized carbons (Fsp3) is 0.571. The number of anilines is 1. The number of nitro benzene ring substituents is 1. The normalized spacial score (nSPS) is 26.4. The maximum Gasteiger partial charge on any atom is 0.311 e. The van der Waals surface area contributed by atoms with Crippen LogP contribution in [0.2, 0.25) is 0 Å². The molecule has 1 aliphatic rings. The van der Waals surface area contributed by atoms with Gasteiger partial charge in [-0.2, -0.15) is 0 Å². The minimum Gasteiger partial charge on any atom is -0.490 e. The molecule has 20 heavy (non-hydrogen) atoms. The minimum atomic E-state index is -0.434. The monoisotopic (exact) mass is 280 g/mol. The van der Waals surface area contributed by atoms with Gasteiger partial charge < -0.3 is 14.4 Å². The summed E-state index contributed by atoms with van der Waals surface area (Å²) >= 11 is 0. The molecule has 0 bridgehead atoms. The summed E-state index contributed by atoms with van der Waals surface area (Å²) in [6, 6.07) is 5.19. The standard InChI is InChI=1S/C14H20N2O4/c1-9-8-15(10(2)11(3)20-9)12-5-6-13(16(17)18)14(7-12)19-4/h5-7,9-11H,8H2,1-4H3/t9-,10+,11+/m0/s1. The average molecular weight is 280 g/mol. The fourth-order valence-corrected chi connectivity index (χ4v) is 2.56. The molecular weight excluding hydrogens is 260 g/mol. The smallest absolute Gasteiger partial charge is 0.311 e. The summed E-state index contributed by atoms with van der Waals surface area (Å²) in [5.41, 5.74) is 0.903. The Morgan fingerprint density at radius 3 is 2.70 bits per heavy atom. The van der Waals surface area contributed by atoms with E-state index in [2.05, 4.69) is 11.8 Å². The molecule has 6 heteroatoms. The molecule has 1 fully saturated rings. The lowest BCUT2D eigenvalue weighted by molar-refractivity contribution is -0.385. The topological polar surface area (TPSA) is 64.8 Å². The van der Waals surface area contributed by atoms with Crippen molar-refractivity contribution in [3.63, 3.8) is 0 Å². The van der Waals surface area contributed by atoms with Crippen LogP contribution >= 0.6 is 0 Å². The zero-order valence-electron chi connectivity index (χ0n) is 12.2. The molecule has 1 aromatic rings. The Bertz CT molecular complexity index is 506. The highest BCUT2D eigenvalue weighted by atomic mass is 16.6. The molecule has 0 amide bonds. The molecule has 1 saturated heterocycles. The predicted octanol–water partition coefficient (Wildman–Crippen LogP) is 2.61. The predicted molar refractivity (Wildman–Crippen MR) is 76.5 cm³/mol. The number of benzene rings is 1. The van der Waals surface area contributed by atoms with Crippen LogP contribution in [0.4, 0.5) is 11.4 Å². The number of ether oxygens (including phenoxy) is 2. The maximum absolute atomic E-state index is 10.9. The van der Waals surface area contributed by atoms with E-state index < -0.39 is 4.92 Å². The van der Waals surface area contributed by atoms with Crippen LogP contribution in [0.25, 0.3) is 0 Å². The third kappa shape index (κ3) is 2.70. The third-order valence-corrected chi connectivity index (χ3v) is 3.76. The highest BCUT2D eigenvalue weighted by Gasteiger charge is 2.30. The summed E-state index contributed by atoms with van der Waals surface area (Å²) in [5, 5.41) is 10.9. The van der Waals surface area contributed by atoms with Crippen molar-refractivity contribution in [2.24, 2.45) is 0 Å². The van der Waals surface area contributed by atoms with Gasteiger partial charge >= 0.3 is 5.69 Å². The van der Waals surface area contributed by atoms with E-state index in [4.69, 9.17) is 9.47 Å². The van der Waals surface area contributed by atoms with Gasteiger partial charge in [0.2, 0.25) is 0 Å². The number of morpholine rings is 1. The Balaban J connectivity index is 2.34. The first-order valence-corrected chi connectivity index (χ1v) is 6.68. The Kier molecular flexibility index (Phi) is 4.13. The molecule has 6 nitrogen and oxygen atoms in total. The number of nitro groups is 1. The lowest BCUT2D eigenvalue weighted by Gasteiger charge is -2.42. The minimum absolute atomic E-state index is 0.0155. The molecule has 0 aliphatic carbocycles. The molecule has 2 rings (SSSR count). The zero-order chi connectivity index (χ0) is 14.9. The van der Waals surface area contributed by atoms with Crippen molar-refractivity contribution in [3.05, 3.63) is 28.3 Å². The molecular formula is C14H20N2O4. The molecule has 1 heterocycles. The van der Waals surface area contributed by atoms with Gasteiger partial charge in [-0.25, -0.2) is 0 Å². The summed E-state index contributed by atoms with van der Waals surface area (Å²) in [7, 11) is 1.44. The van der Waals surface area contributed by atoms with Crippen molar-refractivity contribution in [1.29, 1.82) is 0 Å². The first-order chi connectivity index (χ1) is 9.43. The van der Waals surface area contributed by atoms with Crippen molar-refractivity contribution in [3.8, 4) is 5.75 Å². The van der Waals surface area contributed by atoms with Crippen LogP contribution in [0.1, 0.15) is 20.8 Å². The van der Waals surface area contributed by atoms with Crippen LogP contribution in [-0.2, 0) is 4.74 Å². The summed E-state index contributed by atoms with van der Waals surface area (Å²) < 4.78 is 10.9. The summed E-state index contributed by atoms with van der Waals surface area (Å²) in [5.74, 6) is 0.284. The van der Waals surface area contributed by atoms with E-state index in [0.717, 1.165) is 12.2 Å². The summed E-state index contributed by atoms with van der Waals surface area (Å²) in [6.07, 6.45) is 0.238. The molecule has 0 radical (unpaired) electrons. The SMILES string of the molecule is COc1cc(N2C[C@H](C)O[C@H](C)[C@H]2C)ccc1[N+](=O)[O-]. The molecule has 0 spiro atoms. The van der Waals surface area contributed by atoms with Gasteiger partial charge in [-0.1, -0.05) is 0 Å². The van der Waals surface area contributed by atoms with Gasteiger partial charge in [-0.05, 0) is 26.8 Å². The second-order valence-corrected chi connectivity index (χ2v) is 5.16. The van der Waals surface area contributed by atoms with Gasteiger partial charge in [-0.3, -0.25) is 10.1 Å². The Morgan fingerprint density at radius 1 is 1.40 bits per heavy atom. The van der Waals surface area contributed by atoms with Crippen molar-refractivity contribution >= 4 is 11.4 Å². The quantitative estimate of drug-likeness (QED) is 0.629. The van der Waals surface area contributed by atoms with E-state index in [-0.39, 0.29) is 29.7 Å². The number of methoxy groups -OCH3 is 1. The van der Waals surface area contributed by atoms with E-state index in [9.17, 15) is 10.1 Å². The Labute approximate surface area is 118 Å². The lowest BCUT2D eigenvalue weighted by Crippen LogP contribution is -2.52. The molecule has 0 aromatic heterocycles. The van der Waals surface area contributed by atoms with Crippen molar-refractivity contribution in [2.75, 3.05) is 18.6 Å². The van der Waals surface area contributed by atoms with Gasteiger partial charge in [0.1, 0.15) is 0 Å². The van der Waals surface area contributed by atoms with Gasteiger partial charge in [0.25, 0.3) is 0 Å². The largest absolute Gasteiger partial charge is 0.490 e. The molecule has 0 unspecified atom stereocenters. The number of rotatable bonds is 3. The van der Waals surface area contributed by atoms with Crippen molar-refractivity contribution in [2.45, 2.75) is 39.0 Å². The van der Waals surface area contributed by atoms with E-state index >= 15 is 0 Å². The lowest BCUT2D eigenvalue weighted by atomic mass is 10.1. The molecule has 1 aromatic carbocycles. The van der Waals surface area contributed by atoms with Crippen molar-refractivity contribution < 1.29 is 14.4 Å². The van der Waals surface area contributed by atoms with Crippen LogP contribution in [0.15, 0.2) is 18.2 Å². The summed E-state index contributed by atoms with van der Waals surface area (Å²) in [4.78, 5) is 12.7. The number of hydrogen-bond acceptors (Lipinski definition) is 5. The van der Waals surface area contributed by atoms with Crippen LogP contribution < -0.4 is 9.64 Å². The molecule has 1 aliphatic heterocycles. The highest BCUT2D eigenvalue weighted by molar-refractivity contribution is 5.60. The van der Waals surface area contributed by atoms with Crippen LogP contribution in [0.3, 0.4) is 0 Å². The number of nitrogens with zero attached hydrogens (tertiary/aromatic N) is 2. The first kappa shape index (κ1) is 14.6. The van der Waals surface area contributed by atoms with E-state index in [1.807, 2.05) is 13.8 Å². The van der Waals surface area contributed by atoms with Crippen LogP contribution in [-0.4, -0.2) is 36.8 Å². The average Bonchev–Trinajstić information content (AvgIpc) is 2.41. The molecule has 0 saturated carbocycles. The second kappa shape index (κ2) is 5.66. The van der Waals surface area contributed by atoms with E-state index in [0.29, 0.717) is 0 Å².